The molecule has 2 aromatic heterocycles. The maximum absolute atomic E-state index is 5.65. The van der Waals surface area contributed by atoms with Gasteiger partial charge in [-0.3, -0.25) is 0 Å². The van der Waals surface area contributed by atoms with Crippen molar-refractivity contribution in [3.8, 4) is 0 Å². The van der Waals surface area contributed by atoms with Crippen molar-refractivity contribution in [2.24, 2.45) is 0 Å². The molecule has 0 saturated heterocycles. The zero-order valence-electron chi connectivity index (χ0n) is 6.73. The van der Waals surface area contributed by atoms with Crippen molar-refractivity contribution >= 4 is 16.9 Å². The molecule has 0 atom stereocenters. The van der Waals surface area contributed by atoms with Crippen LogP contribution in [0.5, 0.6) is 0 Å². The fraction of sp³-hybridized carbons (Fsp3) is 0.286. The van der Waals surface area contributed by atoms with Crippen LogP contribution in [0.25, 0.3) is 11.2 Å². The molecule has 0 aromatic carbocycles. The highest BCUT2D eigenvalue weighted by molar-refractivity contribution is 5.82. The van der Waals surface area contributed by atoms with Crippen molar-refractivity contribution in [1.82, 2.24) is 19.7 Å². The number of fused-ring (bicyclic) bond motifs is 1. The normalized spacial score (nSPS) is 10.8. The number of nitrogens with zero attached hydrogens (tertiary/aromatic N) is 4. The Balaban J connectivity index is 2.80. The van der Waals surface area contributed by atoms with Crippen molar-refractivity contribution in [3.05, 3.63) is 12.5 Å². The van der Waals surface area contributed by atoms with E-state index in [1.54, 1.807) is 6.33 Å². The van der Waals surface area contributed by atoms with Gasteiger partial charge in [0, 0.05) is 6.54 Å². The van der Waals surface area contributed by atoms with Gasteiger partial charge in [0.05, 0.1) is 18.2 Å². The molecule has 2 N–H and O–H groups in total. The summed E-state index contributed by atoms with van der Waals surface area (Å²) < 4.78 is 1.90. The molecule has 2 heterocycles. The summed E-state index contributed by atoms with van der Waals surface area (Å²) in [6.07, 6.45) is 3.23. The quantitative estimate of drug-likeness (QED) is 0.661. The summed E-state index contributed by atoms with van der Waals surface area (Å²) in [6, 6.07) is 0. The van der Waals surface area contributed by atoms with E-state index in [2.05, 4.69) is 15.2 Å². The molecule has 0 fully saturated rings. The van der Waals surface area contributed by atoms with Crippen LogP contribution in [-0.4, -0.2) is 19.7 Å². The predicted octanol–water partition coefficient (Wildman–Crippen LogP) is 0.428. The van der Waals surface area contributed by atoms with E-state index in [0.29, 0.717) is 5.69 Å². The van der Waals surface area contributed by atoms with E-state index in [4.69, 9.17) is 5.73 Å². The molecule has 5 heteroatoms. The van der Waals surface area contributed by atoms with E-state index in [-0.39, 0.29) is 0 Å². The second kappa shape index (κ2) is 2.44. The van der Waals surface area contributed by atoms with Crippen LogP contribution in [0.15, 0.2) is 12.5 Å². The third kappa shape index (κ3) is 0.827. The first-order chi connectivity index (χ1) is 5.83. The number of anilines is 1. The van der Waals surface area contributed by atoms with E-state index in [0.717, 1.165) is 17.7 Å². The molecule has 62 valence electrons. The van der Waals surface area contributed by atoms with Gasteiger partial charge in [0.15, 0.2) is 5.65 Å². The van der Waals surface area contributed by atoms with Crippen molar-refractivity contribution in [3.63, 3.8) is 0 Å². The molecule has 0 bridgehead atoms. The summed E-state index contributed by atoms with van der Waals surface area (Å²) >= 11 is 0. The zero-order chi connectivity index (χ0) is 8.55. The number of hydrogen-bond acceptors (Lipinski definition) is 4. The molecule has 0 aliphatic heterocycles. The lowest BCUT2D eigenvalue weighted by molar-refractivity contribution is 0.771. The molecule has 0 saturated carbocycles. The average molecular weight is 163 g/mol. The molecule has 2 rings (SSSR count). The lowest BCUT2D eigenvalue weighted by Gasteiger charge is -1.96. The summed E-state index contributed by atoms with van der Waals surface area (Å²) in [5, 5.41) is 7.70. The fourth-order valence-electron chi connectivity index (χ4n) is 1.12. The molecule has 0 unspecified atom stereocenters. The van der Waals surface area contributed by atoms with Gasteiger partial charge in [-0.2, -0.15) is 5.10 Å². The number of aryl methyl sites for hydroxylation is 1. The van der Waals surface area contributed by atoms with Crippen LogP contribution in [0.2, 0.25) is 0 Å². The summed E-state index contributed by atoms with van der Waals surface area (Å²) in [5.74, 6) is 0. The molecule has 0 spiro atoms. The van der Waals surface area contributed by atoms with Crippen molar-refractivity contribution in [1.29, 1.82) is 0 Å². The Kier molecular flexibility index (Phi) is 1.43. The smallest absolute Gasteiger partial charge is 0.184 e. The minimum atomic E-state index is 0.576. The molecule has 0 amide bonds. The first kappa shape index (κ1) is 7.02. The van der Waals surface area contributed by atoms with Gasteiger partial charge in [-0.25, -0.2) is 4.98 Å². The monoisotopic (exact) mass is 163 g/mol. The summed E-state index contributed by atoms with van der Waals surface area (Å²) in [4.78, 5) is 4.12. The number of hydrogen-bond donors (Lipinski definition) is 1. The van der Waals surface area contributed by atoms with Crippen LogP contribution in [0, 0.1) is 0 Å². The maximum Gasteiger partial charge on any atom is 0.184 e. The van der Waals surface area contributed by atoms with E-state index in [1.807, 2.05) is 11.5 Å². The Morgan fingerprint density at radius 1 is 1.58 bits per heavy atom. The minimum Gasteiger partial charge on any atom is -0.396 e. The van der Waals surface area contributed by atoms with E-state index in [1.165, 1.54) is 6.20 Å². The predicted molar refractivity (Wildman–Crippen MR) is 45.4 cm³/mol. The van der Waals surface area contributed by atoms with E-state index < -0.39 is 0 Å². The Bertz CT molecular complexity index is 405. The second-order valence-corrected chi connectivity index (χ2v) is 2.50. The van der Waals surface area contributed by atoms with E-state index >= 15 is 0 Å². The number of rotatable bonds is 1. The Hall–Kier alpha value is -1.65. The first-order valence-corrected chi connectivity index (χ1v) is 3.75. The molecular weight excluding hydrogens is 154 g/mol. The molecule has 0 radical (unpaired) electrons. The third-order valence-electron chi connectivity index (χ3n) is 1.77. The highest BCUT2D eigenvalue weighted by Gasteiger charge is 2.04. The van der Waals surface area contributed by atoms with E-state index in [9.17, 15) is 0 Å². The van der Waals surface area contributed by atoms with Crippen LogP contribution in [0.4, 0.5) is 5.69 Å². The fourth-order valence-corrected chi connectivity index (χ4v) is 1.12. The van der Waals surface area contributed by atoms with Gasteiger partial charge < -0.3 is 10.3 Å². The van der Waals surface area contributed by atoms with Gasteiger partial charge in [0.25, 0.3) is 0 Å². The lowest BCUT2D eigenvalue weighted by Crippen LogP contribution is -1.96. The van der Waals surface area contributed by atoms with Crippen LogP contribution in [0.3, 0.4) is 0 Å². The second-order valence-electron chi connectivity index (χ2n) is 2.50. The summed E-state index contributed by atoms with van der Waals surface area (Å²) in [6.45, 7) is 2.85. The summed E-state index contributed by atoms with van der Waals surface area (Å²) in [7, 11) is 0. The first-order valence-electron chi connectivity index (χ1n) is 3.75. The molecule has 0 aliphatic carbocycles. The molecular formula is C7H9N5. The topological polar surface area (TPSA) is 69.6 Å². The Morgan fingerprint density at radius 3 is 3.17 bits per heavy atom. The SMILES string of the molecule is CCn1cnc2c(N)cnnc21. The average Bonchev–Trinajstić information content (AvgIpc) is 2.49. The maximum atomic E-state index is 5.65. The number of aromatic nitrogens is 4. The van der Waals surface area contributed by atoms with Gasteiger partial charge in [0.2, 0.25) is 0 Å². The zero-order valence-corrected chi connectivity index (χ0v) is 6.73. The van der Waals surface area contributed by atoms with Crippen molar-refractivity contribution in [2.45, 2.75) is 13.5 Å². The van der Waals surface area contributed by atoms with Gasteiger partial charge >= 0.3 is 0 Å². The molecule has 2 aromatic rings. The molecule has 5 nitrogen and oxygen atoms in total. The summed E-state index contributed by atoms with van der Waals surface area (Å²) in [5.41, 5.74) is 7.70. The van der Waals surface area contributed by atoms with Gasteiger partial charge in [0.1, 0.15) is 5.52 Å². The van der Waals surface area contributed by atoms with Crippen molar-refractivity contribution in [2.75, 3.05) is 5.73 Å². The Labute approximate surface area is 69.2 Å². The van der Waals surface area contributed by atoms with Gasteiger partial charge in [-0.1, -0.05) is 0 Å². The highest BCUT2D eigenvalue weighted by atomic mass is 15.2. The molecule has 12 heavy (non-hydrogen) atoms. The third-order valence-corrected chi connectivity index (χ3v) is 1.77. The van der Waals surface area contributed by atoms with Crippen LogP contribution >= 0.6 is 0 Å². The van der Waals surface area contributed by atoms with Crippen LogP contribution < -0.4 is 5.73 Å². The number of imidazole rings is 1. The van der Waals surface area contributed by atoms with Crippen LogP contribution in [-0.2, 0) is 6.54 Å². The minimum absolute atomic E-state index is 0.576. The molecule has 0 aliphatic rings. The van der Waals surface area contributed by atoms with Crippen molar-refractivity contribution < 1.29 is 0 Å². The lowest BCUT2D eigenvalue weighted by atomic mass is 10.4. The van der Waals surface area contributed by atoms with Crippen LogP contribution in [0.1, 0.15) is 6.92 Å². The van der Waals surface area contributed by atoms with Gasteiger partial charge in [-0.15, -0.1) is 5.10 Å². The number of nitrogen functional groups attached to an aromatic ring is 1. The largest absolute Gasteiger partial charge is 0.396 e. The highest BCUT2D eigenvalue weighted by Crippen LogP contribution is 2.14. The number of nitrogens with two attached hydrogens (primary N) is 1. The Morgan fingerprint density at radius 2 is 2.42 bits per heavy atom. The standard InChI is InChI=1S/C7H9N5/c1-2-12-4-9-6-5(8)3-10-11-7(6)12/h3-4H,2H2,1H3,(H2,8,11). The van der Waals surface area contributed by atoms with Gasteiger partial charge in [-0.05, 0) is 6.92 Å².